The molecule has 5 heteroatoms. The molecule has 0 unspecified atom stereocenters. The van der Waals surface area contributed by atoms with Crippen LogP contribution < -0.4 is 0 Å². The number of aromatic nitrogens is 5. The molecule has 0 bridgehead atoms. The van der Waals surface area contributed by atoms with Crippen molar-refractivity contribution in [3.63, 3.8) is 0 Å². The molecule has 3 aromatic heterocycles. The van der Waals surface area contributed by atoms with E-state index in [-0.39, 0.29) is 0 Å². The van der Waals surface area contributed by atoms with Crippen LogP contribution in [0, 0.1) is 0 Å². The van der Waals surface area contributed by atoms with Crippen molar-refractivity contribution in [1.29, 1.82) is 0 Å². The number of nitrogens with zero attached hydrogens (tertiary/aromatic N) is 5. The van der Waals surface area contributed by atoms with Crippen LogP contribution in [0.2, 0.25) is 0 Å². The van der Waals surface area contributed by atoms with Crippen LogP contribution in [0.4, 0.5) is 0 Å². The van der Waals surface area contributed by atoms with E-state index in [2.05, 4.69) is 258 Å². The summed E-state index contributed by atoms with van der Waals surface area (Å²) >= 11 is 0. The molecule has 318 valence electrons. The van der Waals surface area contributed by atoms with Crippen molar-refractivity contribution in [2.45, 2.75) is 0 Å². The average molecular weight is 868 g/mol. The maximum atomic E-state index is 5.94. The number of para-hydroxylation sites is 6. The molecule has 0 atom stereocenters. The zero-order chi connectivity index (χ0) is 45.0. The van der Waals surface area contributed by atoms with Crippen LogP contribution in [0.5, 0.6) is 0 Å². The Bertz CT molecular complexity index is 3760. The van der Waals surface area contributed by atoms with Crippen LogP contribution in [0.1, 0.15) is 0 Å². The van der Waals surface area contributed by atoms with Gasteiger partial charge in [0.25, 0.3) is 0 Å². The zero-order valence-corrected chi connectivity index (χ0v) is 36.9. The maximum absolute atomic E-state index is 5.94. The fourth-order valence-electron chi connectivity index (χ4n) is 10.0. The second-order valence-corrected chi connectivity index (χ2v) is 17.2. The summed E-state index contributed by atoms with van der Waals surface area (Å²) in [4.78, 5) is 16.5. The predicted octanol–water partition coefficient (Wildman–Crippen LogP) is 16.1. The molecule has 0 aliphatic heterocycles. The van der Waals surface area contributed by atoms with Gasteiger partial charge in [0, 0.05) is 44.8 Å². The summed E-state index contributed by atoms with van der Waals surface area (Å²) < 4.78 is 4.52. The highest BCUT2D eigenvalue weighted by Gasteiger charge is 2.23. The molecule has 13 aromatic rings. The normalized spacial score (nSPS) is 11.5. The molecule has 0 fully saturated rings. The number of benzene rings is 10. The van der Waals surface area contributed by atoms with Crippen molar-refractivity contribution >= 4 is 43.6 Å². The Hall–Kier alpha value is -9.19. The van der Waals surface area contributed by atoms with Gasteiger partial charge in [0.15, 0.2) is 0 Å². The van der Waals surface area contributed by atoms with Crippen LogP contribution in [-0.2, 0) is 0 Å². The van der Waals surface area contributed by atoms with Crippen LogP contribution >= 0.6 is 0 Å². The van der Waals surface area contributed by atoms with Gasteiger partial charge in [-0.2, -0.15) is 0 Å². The Balaban J connectivity index is 1.09. The lowest BCUT2D eigenvalue weighted by Crippen LogP contribution is -2.00. The largest absolute Gasteiger partial charge is 0.292 e. The van der Waals surface area contributed by atoms with Gasteiger partial charge in [-0.05, 0) is 99.4 Å². The van der Waals surface area contributed by atoms with Crippen LogP contribution in [0.15, 0.2) is 249 Å². The SMILES string of the molecule is c1ccc(-n2c(-c3cccc(-c4nc(-c5cccc(-c6nc7ccccc7n6-c6ccccc6)c5)c(-c5cccc6ccccc56)cc4-c4cccc5ccccc45)c3)nc3ccccc32)cc1. The van der Waals surface area contributed by atoms with E-state index < -0.39 is 0 Å². The lowest BCUT2D eigenvalue weighted by atomic mass is 9.88. The third kappa shape index (κ3) is 6.68. The standard InChI is InChI=1S/C63H41N5/c1-3-27-48(28-4-1)67-58-37-13-11-35-56(58)64-62(67)46-25-15-23-44(39-46)60-54(52-33-17-21-42-19-7-9-31-50(42)52)41-55(53-34-18-22-43-20-8-10-32-51(43)53)61(66-60)45-24-16-26-47(40-45)63-65-57-36-12-14-38-59(57)68(63)49-29-5-2-6-30-49/h1-41H. The lowest BCUT2D eigenvalue weighted by Gasteiger charge is -2.20. The van der Waals surface area contributed by atoms with Gasteiger partial charge < -0.3 is 0 Å². The van der Waals surface area contributed by atoms with E-state index in [1.54, 1.807) is 0 Å². The molecule has 0 radical (unpaired) electrons. The van der Waals surface area contributed by atoms with Gasteiger partial charge >= 0.3 is 0 Å². The topological polar surface area (TPSA) is 48.5 Å². The van der Waals surface area contributed by atoms with Crippen molar-refractivity contribution in [3.05, 3.63) is 249 Å². The smallest absolute Gasteiger partial charge is 0.145 e. The van der Waals surface area contributed by atoms with E-state index in [1.165, 1.54) is 21.5 Å². The van der Waals surface area contributed by atoms with Crippen molar-refractivity contribution in [2.75, 3.05) is 0 Å². The molecule has 0 spiro atoms. The summed E-state index contributed by atoms with van der Waals surface area (Å²) in [6.45, 7) is 0. The number of imidazole rings is 2. The molecular formula is C63H41N5. The predicted molar refractivity (Wildman–Crippen MR) is 281 cm³/mol. The van der Waals surface area contributed by atoms with Gasteiger partial charge in [-0.1, -0.05) is 182 Å². The molecule has 0 saturated heterocycles. The highest BCUT2D eigenvalue weighted by atomic mass is 15.1. The van der Waals surface area contributed by atoms with Gasteiger partial charge in [0.1, 0.15) is 11.6 Å². The van der Waals surface area contributed by atoms with Crippen LogP contribution in [0.3, 0.4) is 0 Å². The van der Waals surface area contributed by atoms with Crippen LogP contribution in [0.25, 0.3) is 123 Å². The highest BCUT2D eigenvalue weighted by molar-refractivity contribution is 6.05. The van der Waals surface area contributed by atoms with Gasteiger partial charge in [0.05, 0.1) is 33.5 Å². The molecule has 0 aliphatic carbocycles. The number of rotatable bonds is 8. The third-order valence-electron chi connectivity index (χ3n) is 13.1. The number of fused-ring (bicyclic) bond motifs is 4. The van der Waals surface area contributed by atoms with Crippen LogP contribution in [-0.4, -0.2) is 24.1 Å². The highest BCUT2D eigenvalue weighted by Crippen LogP contribution is 2.45. The van der Waals surface area contributed by atoms with Crippen molar-refractivity contribution in [2.24, 2.45) is 0 Å². The maximum Gasteiger partial charge on any atom is 0.145 e. The minimum Gasteiger partial charge on any atom is -0.292 e. The van der Waals surface area contributed by atoms with E-state index in [0.29, 0.717) is 0 Å². The van der Waals surface area contributed by atoms with Crippen molar-refractivity contribution < 1.29 is 0 Å². The summed E-state index contributed by atoms with van der Waals surface area (Å²) in [5.74, 6) is 1.74. The Kier molecular flexibility index (Phi) is 9.43. The first-order valence-electron chi connectivity index (χ1n) is 23.0. The quantitative estimate of drug-likeness (QED) is 0.153. The Morgan fingerprint density at radius 2 is 0.647 bits per heavy atom. The number of hydrogen-bond donors (Lipinski definition) is 0. The van der Waals surface area contributed by atoms with Gasteiger partial charge in [0.2, 0.25) is 0 Å². The Morgan fingerprint density at radius 1 is 0.265 bits per heavy atom. The van der Waals surface area contributed by atoms with E-state index >= 15 is 0 Å². The fourth-order valence-corrected chi connectivity index (χ4v) is 10.0. The summed E-state index contributed by atoms with van der Waals surface area (Å²) in [5, 5.41) is 4.68. The second kappa shape index (κ2) is 16.4. The zero-order valence-electron chi connectivity index (χ0n) is 36.9. The van der Waals surface area contributed by atoms with Gasteiger partial charge in [-0.3, -0.25) is 9.13 Å². The summed E-state index contributed by atoms with van der Waals surface area (Å²) in [6.07, 6.45) is 0. The second-order valence-electron chi connectivity index (χ2n) is 17.2. The number of hydrogen-bond acceptors (Lipinski definition) is 3. The van der Waals surface area contributed by atoms with Crippen molar-refractivity contribution in [1.82, 2.24) is 24.1 Å². The number of pyridine rings is 1. The third-order valence-corrected chi connectivity index (χ3v) is 13.1. The molecule has 0 N–H and O–H groups in total. The molecule has 0 saturated carbocycles. The van der Waals surface area contributed by atoms with E-state index in [4.69, 9.17) is 15.0 Å². The molecule has 0 aliphatic rings. The summed E-state index contributed by atoms with van der Waals surface area (Å²) in [7, 11) is 0. The summed E-state index contributed by atoms with van der Waals surface area (Å²) in [6, 6.07) is 88.1. The van der Waals surface area contributed by atoms with Gasteiger partial charge in [-0.25, -0.2) is 15.0 Å². The van der Waals surface area contributed by atoms with Crippen molar-refractivity contribution in [3.8, 4) is 78.9 Å². The minimum absolute atomic E-state index is 0.868. The first-order valence-corrected chi connectivity index (χ1v) is 23.0. The molecule has 13 rings (SSSR count). The average Bonchev–Trinajstić information content (AvgIpc) is 4.01. The minimum atomic E-state index is 0.868. The first kappa shape index (κ1) is 39.2. The molecular weight excluding hydrogens is 827 g/mol. The summed E-state index contributed by atoms with van der Waals surface area (Å²) in [5.41, 5.74) is 16.1. The fraction of sp³-hybridized carbons (Fsp3) is 0. The molecule has 68 heavy (non-hydrogen) atoms. The van der Waals surface area contributed by atoms with E-state index in [0.717, 1.165) is 101 Å². The molecule has 3 heterocycles. The van der Waals surface area contributed by atoms with E-state index in [1.807, 2.05) is 0 Å². The molecule has 10 aromatic carbocycles. The first-order chi connectivity index (χ1) is 33.7. The van der Waals surface area contributed by atoms with Gasteiger partial charge in [-0.15, -0.1) is 0 Å². The Morgan fingerprint density at radius 3 is 1.13 bits per heavy atom. The van der Waals surface area contributed by atoms with E-state index in [9.17, 15) is 0 Å². The Labute approximate surface area is 393 Å². The lowest BCUT2D eigenvalue weighted by molar-refractivity contribution is 1.10. The molecule has 0 amide bonds. The molecule has 5 nitrogen and oxygen atoms in total. The monoisotopic (exact) mass is 867 g/mol.